The lowest BCUT2D eigenvalue weighted by Crippen LogP contribution is -2.44. The minimum Gasteiger partial charge on any atom is -0.461 e. The van der Waals surface area contributed by atoms with Crippen LogP contribution in [0.5, 0.6) is 0 Å². The van der Waals surface area contributed by atoms with Crippen LogP contribution >= 0.6 is 0 Å². The van der Waals surface area contributed by atoms with Crippen molar-refractivity contribution in [3.8, 4) is 0 Å². The summed E-state index contributed by atoms with van der Waals surface area (Å²) < 4.78 is 31.0. The van der Waals surface area contributed by atoms with Crippen molar-refractivity contribution in [2.75, 3.05) is 19.3 Å². The molecule has 3 rings (SSSR count). The number of rotatable bonds is 5. The first-order valence-electron chi connectivity index (χ1n) is 8.60. The second kappa shape index (κ2) is 7.17. The van der Waals surface area contributed by atoms with Crippen molar-refractivity contribution in [1.29, 1.82) is 0 Å². The number of nitrogens with zero attached hydrogens (tertiary/aromatic N) is 1. The molecule has 0 aliphatic carbocycles. The number of hydrogen-bond donors (Lipinski definition) is 1. The fourth-order valence-corrected chi connectivity index (χ4v) is 4.73. The molecule has 136 valence electrons. The Morgan fingerprint density at radius 1 is 1.36 bits per heavy atom. The second-order valence-corrected chi connectivity index (χ2v) is 8.58. The van der Waals surface area contributed by atoms with Gasteiger partial charge in [-0.2, -0.15) is 4.31 Å². The third-order valence-electron chi connectivity index (χ3n) is 4.67. The molecule has 1 fully saturated rings. The summed E-state index contributed by atoms with van der Waals surface area (Å²) in [5.74, 6) is 0.572. The number of fused-ring (bicyclic) bond motifs is 1. The van der Waals surface area contributed by atoms with Crippen LogP contribution in [0.1, 0.15) is 41.8 Å². The number of aryl methyl sites for hydroxylation is 1. The van der Waals surface area contributed by atoms with Crippen molar-refractivity contribution in [2.45, 2.75) is 38.6 Å². The number of nitrogens with one attached hydrogen (secondary N) is 1. The zero-order valence-corrected chi connectivity index (χ0v) is 15.4. The van der Waals surface area contributed by atoms with E-state index in [1.165, 1.54) is 6.26 Å². The molecule has 0 unspecified atom stereocenters. The van der Waals surface area contributed by atoms with Gasteiger partial charge in [-0.3, -0.25) is 4.79 Å². The molecule has 25 heavy (non-hydrogen) atoms. The van der Waals surface area contributed by atoms with Gasteiger partial charge in [0.25, 0.3) is 5.91 Å². The van der Waals surface area contributed by atoms with Crippen LogP contribution in [0, 0.1) is 6.92 Å². The van der Waals surface area contributed by atoms with Crippen LogP contribution in [0.15, 0.2) is 28.7 Å². The van der Waals surface area contributed by atoms with Crippen LogP contribution in [0.3, 0.4) is 0 Å². The van der Waals surface area contributed by atoms with E-state index in [0.717, 1.165) is 30.4 Å². The Kier molecular flexibility index (Phi) is 5.15. The summed E-state index contributed by atoms with van der Waals surface area (Å²) in [6.07, 6.45) is 4.64. The van der Waals surface area contributed by atoms with Gasteiger partial charge in [-0.15, -0.1) is 0 Å². The Hall–Kier alpha value is -1.86. The molecule has 1 aliphatic rings. The fourth-order valence-electron chi connectivity index (χ4n) is 3.52. The minimum absolute atomic E-state index is 0.0364. The molecular weight excluding hydrogens is 340 g/mol. The van der Waals surface area contributed by atoms with E-state index in [9.17, 15) is 13.2 Å². The maximum atomic E-state index is 12.5. The zero-order valence-electron chi connectivity index (χ0n) is 14.6. The molecule has 0 spiro atoms. The molecule has 6 nitrogen and oxygen atoms in total. The van der Waals surface area contributed by atoms with Gasteiger partial charge in [0.2, 0.25) is 10.0 Å². The van der Waals surface area contributed by atoms with Gasteiger partial charge in [-0.05, 0) is 38.3 Å². The zero-order chi connectivity index (χ0) is 18.0. The van der Waals surface area contributed by atoms with Gasteiger partial charge in [0.1, 0.15) is 11.3 Å². The van der Waals surface area contributed by atoms with Crippen LogP contribution in [-0.4, -0.2) is 44.0 Å². The Morgan fingerprint density at radius 2 is 2.16 bits per heavy atom. The van der Waals surface area contributed by atoms with E-state index in [1.54, 1.807) is 10.4 Å². The van der Waals surface area contributed by atoms with Gasteiger partial charge in [-0.25, -0.2) is 8.42 Å². The van der Waals surface area contributed by atoms with E-state index in [-0.39, 0.29) is 11.9 Å². The van der Waals surface area contributed by atoms with Crippen LogP contribution in [0.25, 0.3) is 11.0 Å². The van der Waals surface area contributed by atoms with Crippen molar-refractivity contribution >= 4 is 26.9 Å². The molecule has 1 atom stereocenters. The molecule has 2 heterocycles. The summed E-state index contributed by atoms with van der Waals surface area (Å²) in [4.78, 5) is 12.5. The lowest BCUT2D eigenvalue weighted by atomic mass is 10.0. The summed E-state index contributed by atoms with van der Waals surface area (Å²) >= 11 is 0. The first-order valence-corrected chi connectivity index (χ1v) is 10.5. The lowest BCUT2D eigenvalue weighted by molar-refractivity contribution is 0.0950. The third kappa shape index (κ3) is 4.04. The molecule has 2 aromatic rings. The summed E-state index contributed by atoms with van der Waals surface area (Å²) in [6, 6.07) is 7.35. The van der Waals surface area contributed by atoms with E-state index in [0.29, 0.717) is 30.7 Å². The van der Waals surface area contributed by atoms with Crippen molar-refractivity contribution in [1.82, 2.24) is 9.62 Å². The highest BCUT2D eigenvalue weighted by atomic mass is 32.2. The van der Waals surface area contributed by atoms with Crippen LogP contribution in [0.4, 0.5) is 0 Å². The SMILES string of the molecule is Cc1cc2cccc(C(=O)NCC[C@H]3CCCCN3S(C)(=O)=O)c2o1. The van der Waals surface area contributed by atoms with Gasteiger partial charge in [0, 0.05) is 24.5 Å². The predicted octanol–water partition coefficient (Wildman–Crippen LogP) is 2.68. The number of carbonyl (C=O) groups excluding carboxylic acids is 1. The highest BCUT2D eigenvalue weighted by Crippen LogP contribution is 2.24. The third-order valence-corrected chi connectivity index (χ3v) is 6.01. The first kappa shape index (κ1) is 17.9. The van der Waals surface area contributed by atoms with Gasteiger partial charge in [0.05, 0.1) is 11.8 Å². The number of sulfonamides is 1. The molecule has 1 aromatic carbocycles. The van der Waals surface area contributed by atoms with Crippen molar-refractivity contribution in [3.63, 3.8) is 0 Å². The monoisotopic (exact) mass is 364 g/mol. The lowest BCUT2D eigenvalue weighted by Gasteiger charge is -2.33. The van der Waals surface area contributed by atoms with E-state index in [1.807, 2.05) is 25.1 Å². The first-order chi connectivity index (χ1) is 11.9. The van der Waals surface area contributed by atoms with Crippen molar-refractivity contribution in [2.24, 2.45) is 0 Å². The van der Waals surface area contributed by atoms with Gasteiger partial charge < -0.3 is 9.73 Å². The van der Waals surface area contributed by atoms with Crippen LogP contribution in [0.2, 0.25) is 0 Å². The highest BCUT2D eigenvalue weighted by Gasteiger charge is 2.29. The Morgan fingerprint density at radius 3 is 2.92 bits per heavy atom. The average Bonchev–Trinajstić information content (AvgIpc) is 2.94. The predicted molar refractivity (Wildman–Crippen MR) is 97.1 cm³/mol. The molecule has 1 amide bonds. The van der Waals surface area contributed by atoms with Crippen LogP contribution in [-0.2, 0) is 10.0 Å². The molecule has 1 aromatic heterocycles. The molecule has 1 aliphatic heterocycles. The maximum Gasteiger partial charge on any atom is 0.255 e. The highest BCUT2D eigenvalue weighted by molar-refractivity contribution is 7.88. The van der Waals surface area contributed by atoms with E-state index in [2.05, 4.69) is 5.32 Å². The largest absolute Gasteiger partial charge is 0.461 e. The standard InChI is InChI=1S/C18H24N2O4S/c1-13-12-14-6-5-8-16(17(14)24-13)18(21)19-10-9-15-7-3-4-11-20(15)25(2,22)23/h5-6,8,12,15H,3-4,7,9-11H2,1-2H3,(H,19,21)/t15-/m1/s1. The second-order valence-electron chi connectivity index (χ2n) is 6.65. The summed E-state index contributed by atoms with van der Waals surface area (Å²) in [5, 5.41) is 3.80. The fraction of sp³-hybridized carbons (Fsp3) is 0.500. The van der Waals surface area contributed by atoms with Gasteiger partial charge in [-0.1, -0.05) is 18.6 Å². The number of carbonyl (C=O) groups is 1. The smallest absolute Gasteiger partial charge is 0.255 e. The number of hydrogen-bond acceptors (Lipinski definition) is 4. The number of benzene rings is 1. The van der Waals surface area contributed by atoms with Crippen molar-refractivity contribution < 1.29 is 17.6 Å². The van der Waals surface area contributed by atoms with Gasteiger partial charge >= 0.3 is 0 Å². The number of amides is 1. The summed E-state index contributed by atoms with van der Waals surface area (Å²) in [6.45, 7) is 2.86. The van der Waals surface area contributed by atoms with Gasteiger partial charge in [0.15, 0.2) is 0 Å². The van der Waals surface area contributed by atoms with Crippen molar-refractivity contribution in [3.05, 3.63) is 35.6 Å². The maximum absolute atomic E-state index is 12.5. The molecule has 0 radical (unpaired) electrons. The minimum atomic E-state index is -3.20. The Labute approximate surface area is 148 Å². The molecule has 1 N–H and O–H groups in total. The number of piperidine rings is 1. The number of para-hydroxylation sites is 1. The molecule has 0 bridgehead atoms. The molecule has 1 saturated heterocycles. The Balaban J connectivity index is 1.64. The van der Waals surface area contributed by atoms with E-state index < -0.39 is 10.0 Å². The topological polar surface area (TPSA) is 79.6 Å². The molecular formula is C18H24N2O4S. The Bertz CT molecular complexity index is 872. The molecule has 0 saturated carbocycles. The number of furan rings is 1. The summed E-state index contributed by atoms with van der Waals surface area (Å²) in [5.41, 5.74) is 1.10. The normalized spacial score (nSPS) is 19.2. The van der Waals surface area contributed by atoms with Crippen LogP contribution < -0.4 is 5.32 Å². The summed E-state index contributed by atoms with van der Waals surface area (Å²) in [7, 11) is -3.20. The average molecular weight is 364 g/mol. The quantitative estimate of drug-likeness (QED) is 0.885. The molecule has 7 heteroatoms. The van der Waals surface area contributed by atoms with E-state index in [4.69, 9.17) is 4.42 Å². The van der Waals surface area contributed by atoms with E-state index >= 15 is 0 Å².